The monoisotopic (exact) mass is 390 g/mol. The molecule has 2 aromatic rings. The van der Waals surface area contributed by atoms with E-state index in [1.165, 1.54) is 13.2 Å². The average molecular weight is 391 g/mol. The summed E-state index contributed by atoms with van der Waals surface area (Å²) < 4.78 is 39.6. The summed E-state index contributed by atoms with van der Waals surface area (Å²) in [5.41, 5.74) is 0.599. The van der Waals surface area contributed by atoms with Gasteiger partial charge in [0.15, 0.2) is 11.5 Å². The van der Waals surface area contributed by atoms with Gasteiger partial charge in [-0.3, -0.25) is 4.90 Å². The Kier molecular flexibility index (Phi) is 7.13. The molecule has 0 saturated carbocycles. The molecular formula is C16H21ClF2N4O3. The van der Waals surface area contributed by atoms with Gasteiger partial charge < -0.3 is 19.3 Å². The van der Waals surface area contributed by atoms with E-state index in [0.29, 0.717) is 29.9 Å². The highest BCUT2D eigenvalue weighted by molar-refractivity contribution is 5.85. The van der Waals surface area contributed by atoms with Crippen LogP contribution >= 0.6 is 12.4 Å². The number of methoxy groups -OCH3 is 1. The standard InChI is InChI=1S/C16H20F2N4O3.ClH/c1-10-8-19-5-6-22(10)9-14-20-15(21-25-14)11-3-4-12(24-16(17)18)13(7-11)23-2;/h3-4,7,10,16,19H,5-6,8-9H2,1-2H3;1H/t10-;/m1./s1. The molecule has 1 aliphatic rings. The van der Waals surface area contributed by atoms with Crippen molar-refractivity contribution in [2.24, 2.45) is 0 Å². The normalized spacial score (nSPS) is 17.8. The summed E-state index contributed by atoms with van der Waals surface area (Å²) in [6.07, 6.45) is 0. The Balaban J connectivity index is 0.00000243. The molecule has 10 heteroatoms. The maximum absolute atomic E-state index is 12.4. The minimum atomic E-state index is -2.92. The Hall–Kier alpha value is -1.97. The van der Waals surface area contributed by atoms with Crippen LogP contribution in [-0.2, 0) is 6.54 Å². The molecule has 1 aliphatic heterocycles. The lowest BCUT2D eigenvalue weighted by Crippen LogP contribution is -2.49. The summed E-state index contributed by atoms with van der Waals surface area (Å²) >= 11 is 0. The zero-order chi connectivity index (χ0) is 17.8. The highest BCUT2D eigenvalue weighted by Gasteiger charge is 2.21. The fourth-order valence-electron chi connectivity index (χ4n) is 2.73. The number of hydrogen-bond acceptors (Lipinski definition) is 7. The van der Waals surface area contributed by atoms with Gasteiger partial charge in [-0.15, -0.1) is 12.4 Å². The van der Waals surface area contributed by atoms with Gasteiger partial charge in [0.2, 0.25) is 11.7 Å². The smallest absolute Gasteiger partial charge is 0.387 e. The van der Waals surface area contributed by atoms with Gasteiger partial charge in [-0.2, -0.15) is 13.8 Å². The first kappa shape index (κ1) is 20.3. The van der Waals surface area contributed by atoms with Crippen molar-refractivity contribution in [3.63, 3.8) is 0 Å². The Bertz CT molecular complexity index is 717. The van der Waals surface area contributed by atoms with Gasteiger partial charge in [-0.05, 0) is 25.1 Å². The number of halogens is 3. The van der Waals surface area contributed by atoms with Crippen LogP contribution < -0.4 is 14.8 Å². The number of nitrogens with one attached hydrogen (secondary N) is 1. The number of nitrogens with zero attached hydrogens (tertiary/aromatic N) is 3. The van der Waals surface area contributed by atoms with E-state index in [-0.39, 0.29) is 23.9 Å². The van der Waals surface area contributed by atoms with Crippen molar-refractivity contribution in [3.05, 3.63) is 24.1 Å². The number of alkyl halides is 2. The summed E-state index contributed by atoms with van der Waals surface area (Å²) in [6, 6.07) is 4.91. The number of benzene rings is 1. The molecule has 0 radical (unpaired) electrons. The van der Waals surface area contributed by atoms with Crippen molar-refractivity contribution in [3.8, 4) is 22.9 Å². The molecule has 26 heavy (non-hydrogen) atoms. The number of aromatic nitrogens is 2. The van der Waals surface area contributed by atoms with Gasteiger partial charge in [0.1, 0.15) is 0 Å². The quantitative estimate of drug-likeness (QED) is 0.812. The molecule has 1 aromatic carbocycles. The molecule has 3 rings (SSSR count). The molecule has 0 aliphatic carbocycles. The molecular weight excluding hydrogens is 370 g/mol. The second kappa shape index (κ2) is 9.11. The molecule has 1 atom stereocenters. The molecule has 1 fully saturated rings. The average Bonchev–Trinajstić information content (AvgIpc) is 3.05. The van der Waals surface area contributed by atoms with Crippen LogP contribution in [-0.4, -0.2) is 54.4 Å². The lowest BCUT2D eigenvalue weighted by Gasteiger charge is -2.32. The molecule has 1 aromatic heterocycles. The number of rotatable bonds is 6. The summed E-state index contributed by atoms with van der Waals surface area (Å²) in [5, 5.41) is 7.30. The van der Waals surface area contributed by atoms with E-state index in [1.54, 1.807) is 12.1 Å². The predicted molar refractivity (Wildman–Crippen MR) is 92.9 cm³/mol. The first-order valence-corrected chi connectivity index (χ1v) is 7.97. The number of piperazine rings is 1. The van der Waals surface area contributed by atoms with Crippen LogP contribution in [0.4, 0.5) is 8.78 Å². The number of hydrogen-bond donors (Lipinski definition) is 1. The topological polar surface area (TPSA) is 72.7 Å². The third kappa shape index (κ3) is 4.80. The summed E-state index contributed by atoms with van der Waals surface area (Å²) in [5.74, 6) is 1.02. The van der Waals surface area contributed by atoms with E-state index in [2.05, 4.69) is 32.0 Å². The van der Waals surface area contributed by atoms with Crippen LogP contribution in [0.1, 0.15) is 12.8 Å². The van der Waals surface area contributed by atoms with E-state index < -0.39 is 6.61 Å². The van der Waals surface area contributed by atoms with Gasteiger partial charge in [0.05, 0.1) is 13.7 Å². The highest BCUT2D eigenvalue weighted by Crippen LogP contribution is 2.32. The van der Waals surface area contributed by atoms with Gasteiger partial charge in [-0.25, -0.2) is 0 Å². The summed E-state index contributed by atoms with van der Waals surface area (Å²) in [7, 11) is 1.38. The van der Waals surface area contributed by atoms with E-state index in [0.717, 1.165) is 19.6 Å². The lowest BCUT2D eigenvalue weighted by molar-refractivity contribution is -0.0512. The van der Waals surface area contributed by atoms with Crippen LogP contribution in [0.15, 0.2) is 22.7 Å². The first-order chi connectivity index (χ1) is 12.1. The maximum Gasteiger partial charge on any atom is 0.387 e. The second-order valence-electron chi connectivity index (χ2n) is 5.78. The molecule has 1 N–H and O–H groups in total. The van der Waals surface area contributed by atoms with Crippen LogP contribution in [0.25, 0.3) is 11.4 Å². The Morgan fingerprint density at radius 1 is 1.38 bits per heavy atom. The third-order valence-electron chi connectivity index (χ3n) is 4.08. The maximum atomic E-state index is 12.4. The Labute approximate surface area is 156 Å². The van der Waals surface area contributed by atoms with Crippen molar-refractivity contribution in [2.75, 3.05) is 26.7 Å². The molecule has 7 nitrogen and oxygen atoms in total. The van der Waals surface area contributed by atoms with Crippen molar-refractivity contribution in [1.82, 2.24) is 20.4 Å². The largest absolute Gasteiger partial charge is 0.493 e. The van der Waals surface area contributed by atoms with Crippen LogP contribution in [0.5, 0.6) is 11.5 Å². The summed E-state index contributed by atoms with van der Waals surface area (Å²) in [4.78, 5) is 6.65. The minimum Gasteiger partial charge on any atom is -0.493 e. The zero-order valence-corrected chi connectivity index (χ0v) is 15.3. The first-order valence-electron chi connectivity index (χ1n) is 7.97. The summed E-state index contributed by atoms with van der Waals surface area (Å²) in [6.45, 7) is 2.54. The van der Waals surface area contributed by atoms with Crippen molar-refractivity contribution in [1.29, 1.82) is 0 Å². The molecule has 0 spiro atoms. The molecule has 2 heterocycles. The van der Waals surface area contributed by atoms with Gasteiger partial charge in [0, 0.05) is 31.2 Å². The van der Waals surface area contributed by atoms with Crippen LogP contribution in [0.3, 0.4) is 0 Å². The molecule has 0 bridgehead atoms. The Morgan fingerprint density at radius 2 is 2.19 bits per heavy atom. The molecule has 1 saturated heterocycles. The van der Waals surface area contributed by atoms with E-state index >= 15 is 0 Å². The number of ether oxygens (including phenoxy) is 2. The fourth-order valence-corrected chi connectivity index (χ4v) is 2.73. The van der Waals surface area contributed by atoms with Crippen molar-refractivity contribution < 1.29 is 22.8 Å². The van der Waals surface area contributed by atoms with Gasteiger partial charge in [-0.1, -0.05) is 5.16 Å². The molecule has 0 unspecified atom stereocenters. The van der Waals surface area contributed by atoms with Crippen molar-refractivity contribution in [2.45, 2.75) is 26.1 Å². The van der Waals surface area contributed by atoms with E-state index in [4.69, 9.17) is 9.26 Å². The van der Waals surface area contributed by atoms with Crippen LogP contribution in [0, 0.1) is 0 Å². The third-order valence-corrected chi connectivity index (χ3v) is 4.08. The van der Waals surface area contributed by atoms with E-state index in [1.807, 2.05) is 0 Å². The SMILES string of the molecule is COc1cc(-c2noc(CN3CCNC[C@H]3C)n2)ccc1OC(F)F.Cl. The van der Waals surface area contributed by atoms with E-state index in [9.17, 15) is 8.78 Å². The fraction of sp³-hybridized carbons (Fsp3) is 0.500. The van der Waals surface area contributed by atoms with Gasteiger partial charge >= 0.3 is 6.61 Å². The minimum absolute atomic E-state index is 0. The van der Waals surface area contributed by atoms with Crippen molar-refractivity contribution >= 4 is 12.4 Å². The highest BCUT2D eigenvalue weighted by atomic mass is 35.5. The van der Waals surface area contributed by atoms with Gasteiger partial charge in [0.25, 0.3) is 0 Å². The van der Waals surface area contributed by atoms with Crippen LogP contribution in [0.2, 0.25) is 0 Å². The Morgan fingerprint density at radius 3 is 2.88 bits per heavy atom. The molecule has 144 valence electrons. The molecule has 0 amide bonds. The second-order valence-corrected chi connectivity index (χ2v) is 5.78. The zero-order valence-electron chi connectivity index (χ0n) is 14.4. The lowest BCUT2D eigenvalue weighted by atomic mass is 10.2. The predicted octanol–water partition coefficient (Wildman–Crippen LogP) is 2.56.